The average molecular weight is 310 g/mol. The van der Waals surface area contributed by atoms with E-state index in [4.69, 9.17) is 4.74 Å². The van der Waals surface area contributed by atoms with Crippen molar-refractivity contribution in [1.82, 2.24) is 4.98 Å². The van der Waals surface area contributed by atoms with Crippen molar-refractivity contribution in [3.05, 3.63) is 36.0 Å². The maximum Gasteiger partial charge on any atom is 0.433 e. The number of rotatable bonds is 1. The zero-order valence-corrected chi connectivity index (χ0v) is 12.4. The molecule has 0 bridgehead atoms. The SMILES string of the molecule is C[C@@H]1CN(c2cc(C(F)(F)F)nc3ccccc23)C[C@@H](C)O1. The minimum Gasteiger partial charge on any atom is -0.372 e. The third-order valence-electron chi connectivity index (χ3n) is 3.75. The molecule has 0 amide bonds. The molecule has 0 aliphatic carbocycles. The average Bonchev–Trinajstić information content (AvgIpc) is 2.44. The first-order chi connectivity index (χ1) is 10.3. The van der Waals surface area contributed by atoms with Gasteiger partial charge >= 0.3 is 6.18 Å². The van der Waals surface area contributed by atoms with Gasteiger partial charge in [-0.1, -0.05) is 18.2 Å². The van der Waals surface area contributed by atoms with Gasteiger partial charge < -0.3 is 9.64 Å². The molecule has 118 valence electrons. The second-order valence-corrected chi connectivity index (χ2v) is 5.70. The van der Waals surface area contributed by atoms with Crippen molar-refractivity contribution >= 4 is 16.6 Å². The van der Waals surface area contributed by atoms with Crippen LogP contribution in [0.3, 0.4) is 0 Å². The second kappa shape index (κ2) is 5.43. The van der Waals surface area contributed by atoms with Crippen LogP contribution in [0.25, 0.3) is 10.9 Å². The molecule has 1 saturated heterocycles. The van der Waals surface area contributed by atoms with E-state index in [0.717, 1.165) is 11.5 Å². The number of hydrogen-bond donors (Lipinski definition) is 0. The number of fused-ring (bicyclic) bond motifs is 1. The molecule has 1 aromatic carbocycles. The first-order valence-electron chi connectivity index (χ1n) is 7.22. The monoisotopic (exact) mass is 310 g/mol. The Bertz CT molecular complexity index is 677. The number of anilines is 1. The maximum atomic E-state index is 13.1. The molecule has 0 saturated carbocycles. The van der Waals surface area contributed by atoms with Gasteiger partial charge in [-0.05, 0) is 26.0 Å². The number of halogens is 3. The van der Waals surface area contributed by atoms with E-state index in [1.165, 1.54) is 0 Å². The number of alkyl halides is 3. The summed E-state index contributed by atoms with van der Waals surface area (Å²) in [6.07, 6.45) is -4.50. The van der Waals surface area contributed by atoms with Crippen LogP contribution in [0.2, 0.25) is 0 Å². The Morgan fingerprint density at radius 1 is 1.14 bits per heavy atom. The fourth-order valence-corrected chi connectivity index (χ4v) is 2.94. The van der Waals surface area contributed by atoms with E-state index in [0.29, 0.717) is 24.3 Å². The molecule has 2 heterocycles. The van der Waals surface area contributed by atoms with Gasteiger partial charge in [-0.2, -0.15) is 13.2 Å². The summed E-state index contributed by atoms with van der Waals surface area (Å²) in [6, 6.07) is 8.08. The van der Waals surface area contributed by atoms with Crippen LogP contribution in [0.5, 0.6) is 0 Å². The highest BCUT2D eigenvalue weighted by atomic mass is 19.4. The molecule has 3 rings (SSSR count). The predicted octanol–water partition coefficient (Wildman–Crippen LogP) is 3.87. The number of aromatic nitrogens is 1. The molecule has 1 aliphatic heterocycles. The van der Waals surface area contributed by atoms with E-state index in [2.05, 4.69) is 4.98 Å². The summed E-state index contributed by atoms with van der Waals surface area (Å²) in [7, 11) is 0. The molecule has 3 nitrogen and oxygen atoms in total. The summed E-state index contributed by atoms with van der Waals surface area (Å²) < 4.78 is 45.0. The van der Waals surface area contributed by atoms with E-state index in [1.54, 1.807) is 12.1 Å². The van der Waals surface area contributed by atoms with Gasteiger partial charge in [-0.3, -0.25) is 0 Å². The lowest BCUT2D eigenvalue weighted by molar-refractivity contribution is -0.140. The molecule has 1 fully saturated rings. The van der Waals surface area contributed by atoms with Crippen molar-refractivity contribution in [3.63, 3.8) is 0 Å². The summed E-state index contributed by atoms with van der Waals surface area (Å²) in [6.45, 7) is 4.98. The number of ether oxygens (including phenoxy) is 1. The highest BCUT2D eigenvalue weighted by molar-refractivity contribution is 5.92. The van der Waals surface area contributed by atoms with Crippen LogP contribution in [0.4, 0.5) is 18.9 Å². The van der Waals surface area contributed by atoms with E-state index in [-0.39, 0.29) is 12.2 Å². The first kappa shape index (κ1) is 15.1. The van der Waals surface area contributed by atoms with Crippen molar-refractivity contribution < 1.29 is 17.9 Å². The van der Waals surface area contributed by atoms with Gasteiger partial charge in [0.2, 0.25) is 0 Å². The number of nitrogens with zero attached hydrogens (tertiary/aromatic N) is 2. The third kappa shape index (κ3) is 2.88. The quantitative estimate of drug-likeness (QED) is 0.799. The highest BCUT2D eigenvalue weighted by Gasteiger charge is 2.34. The molecule has 0 N–H and O–H groups in total. The number of pyridine rings is 1. The number of hydrogen-bond acceptors (Lipinski definition) is 3. The van der Waals surface area contributed by atoms with Gasteiger partial charge in [-0.25, -0.2) is 4.98 Å². The first-order valence-corrected chi connectivity index (χ1v) is 7.22. The lowest BCUT2D eigenvalue weighted by Crippen LogP contribution is -2.45. The topological polar surface area (TPSA) is 25.4 Å². The molecule has 0 spiro atoms. The maximum absolute atomic E-state index is 13.1. The molecule has 6 heteroatoms. The van der Waals surface area contributed by atoms with Crippen LogP contribution >= 0.6 is 0 Å². The van der Waals surface area contributed by atoms with Gasteiger partial charge in [0.05, 0.1) is 17.7 Å². The molecule has 2 aromatic rings. The van der Waals surface area contributed by atoms with Crippen molar-refractivity contribution in [2.75, 3.05) is 18.0 Å². The van der Waals surface area contributed by atoms with Crippen molar-refractivity contribution in [1.29, 1.82) is 0 Å². The highest BCUT2D eigenvalue weighted by Crippen LogP contribution is 2.35. The fourth-order valence-electron chi connectivity index (χ4n) is 2.94. The molecule has 1 aromatic heterocycles. The van der Waals surface area contributed by atoms with Crippen LogP contribution in [0, 0.1) is 0 Å². The second-order valence-electron chi connectivity index (χ2n) is 5.70. The molecule has 2 atom stereocenters. The van der Waals surface area contributed by atoms with Gasteiger partial charge in [0.15, 0.2) is 0 Å². The number of para-hydroxylation sites is 1. The third-order valence-corrected chi connectivity index (χ3v) is 3.75. The van der Waals surface area contributed by atoms with E-state index >= 15 is 0 Å². The summed E-state index contributed by atoms with van der Waals surface area (Å²) in [4.78, 5) is 5.71. The summed E-state index contributed by atoms with van der Waals surface area (Å²) in [5.74, 6) is 0. The summed E-state index contributed by atoms with van der Waals surface area (Å²) in [5.41, 5.74) is 0.0760. The lowest BCUT2D eigenvalue weighted by Gasteiger charge is -2.37. The Balaban J connectivity index is 2.14. The Kier molecular flexibility index (Phi) is 3.72. The Morgan fingerprint density at radius 3 is 2.41 bits per heavy atom. The Hall–Kier alpha value is -1.82. The van der Waals surface area contributed by atoms with Gasteiger partial charge in [0, 0.05) is 24.2 Å². The minimum atomic E-state index is -4.46. The van der Waals surface area contributed by atoms with E-state index in [1.807, 2.05) is 30.9 Å². The lowest BCUT2D eigenvalue weighted by atomic mass is 10.1. The van der Waals surface area contributed by atoms with Crippen molar-refractivity contribution in [2.45, 2.75) is 32.2 Å². The molecule has 0 unspecified atom stereocenters. The van der Waals surface area contributed by atoms with Crippen LogP contribution in [0.15, 0.2) is 30.3 Å². The van der Waals surface area contributed by atoms with Crippen LogP contribution in [-0.2, 0) is 10.9 Å². The molecule has 1 aliphatic rings. The van der Waals surface area contributed by atoms with Gasteiger partial charge in [-0.15, -0.1) is 0 Å². The van der Waals surface area contributed by atoms with Gasteiger partial charge in [0.25, 0.3) is 0 Å². The van der Waals surface area contributed by atoms with Crippen LogP contribution < -0.4 is 4.90 Å². The fraction of sp³-hybridized carbons (Fsp3) is 0.438. The molecular formula is C16H17F3N2O. The standard InChI is InChI=1S/C16H17F3N2O/c1-10-8-21(9-11(2)22-10)14-7-15(16(17,18)19)20-13-6-4-3-5-12(13)14/h3-7,10-11H,8-9H2,1-2H3/t10-,11-/m1/s1. The smallest absolute Gasteiger partial charge is 0.372 e. The molecule has 0 radical (unpaired) electrons. The van der Waals surface area contributed by atoms with Crippen molar-refractivity contribution in [2.24, 2.45) is 0 Å². The number of morpholine rings is 1. The number of benzene rings is 1. The van der Waals surface area contributed by atoms with Crippen LogP contribution in [-0.4, -0.2) is 30.3 Å². The van der Waals surface area contributed by atoms with Gasteiger partial charge in [0.1, 0.15) is 5.69 Å². The zero-order valence-electron chi connectivity index (χ0n) is 12.4. The Morgan fingerprint density at radius 2 is 1.77 bits per heavy atom. The summed E-state index contributed by atoms with van der Waals surface area (Å²) in [5, 5.41) is 0.733. The normalized spacial score (nSPS) is 23.0. The predicted molar refractivity (Wildman–Crippen MR) is 79.0 cm³/mol. The van der Waals surface area contributed by atoms with E-state index < -0.39 is 11.9 Å². The minimum absolute atomic E-state index is 0.0231. The van der Waals surface area contributed by atoms with Crippen molar-refractivity contribution in [3.8, 4) is 0 Å². The molecule has 22 heavy (non-hydrogen) atoms. The molecular weight excluding hydrogens is 293 g/mol. The Labute approximate surface area is 126 Å². The van der Waals surface area contributed by atoms with Crippen LogP contribution in [0.1, 0.15) is 19.5 Å². The zero-order chi connectivity index (χ0) is 15.9. The summed E-state index contributed by atoms with van der Waals surface area (Å²) >= 11 is 0. The van der Waals surface area contributed by atoms with E-state index in [9.17, 15) is 13.2 Å². The largest absolute Gasteiger partial charge is 0.433 e.